The van der Waals surface area contributed by atoms with Crippen LogP contribution in [-0.2, 0) is 18.8 Å². The van der Waals surface area contributed by atoms with E-state index in [0.717, 1.165) is 39.2 Å². The Labute approximate surface area is 151 Å². The van der Waals surface area contributed by atoms with Crippen molar-refractivity contribution < 1.29 is 31.9 Å². The zero-order valence-corrected chi connectivity index (χ0v) is 15.8. The standard InChI is InChI=1S/C17H27F3O4S/c1-11-6-12-8-13(7-11)10-16(2,9-12)15(21)23-5-4-14(18)17(19,20)25-24-22-3/h11-14H,4-10H2,1-3H3. The molecule has 0 aliphatic heterocycles. The molecule has 0 aromatic carbocycles. The maximum Gasteiger partial charge on any atom is 0.351 e. The third-order valence-corrected chi connectivity index (χ3v) is 5.97. The van der Waals surface area contributed by atoms with Crippen LogP contribution >= 0.6 is 12.0 Å². The number of alkyl halides is 3. The van der Waals surface area contributed by atoms with Crippen LogP contribution in [0.1, 0.15) is 52.4 Å². The van der Waals surface area contributed by atoms with Gasteiger partial charge in [0.25, 0.3) is 0 Å². The molecular weight excluding hydrogens is 357 g/mol. The van der Waals surface area contributed by atoms with Gasteiger partial charge < -0.3 is 4.74 Å². The maximum absolute atomic E-state index is 13.6. The van der Waals surface area contributed by atoms with Gasteiger partial charge in [-0.1, -0.05) is 6.92 Å². The number of esters is 1. The van der Waals surface area contributed by atoms with Gasteiger partial charge in [0.2, 0.25) is 0 Å². The highest BCUT2D eigenvalue weighted by atomic mass is 32.2. The number of hydrogen-bond acceptors (Lipinski definition) is 5. The first-order valence-corrected chi connectivity index (χ1v) is 9.48. The Kier molecular flexibility index (Phi) is 7.07. The van der Waals surface area contributed by atoms with Gasteiger partial charge in [0.05, 0.1) is 19.1 Å². The molecule has 2 aliphatic carbocycles. The fraction of sp³-hybridized carbons (Fsp3) is 0.941. The molecule has 3 unspecified atom stereocenters. The van der Waals surface area contributed by atoms with E-state index in [2.05, 4.69) is 16.1 Å². The van der Waals surface area contributed by atoms with Crippen LogP contribution in [0.15, 0.2) is 0 Å². The monoisotopic (exact) mass is 384 g/mol. The Balaban J connectivity index is 1.80. The molecule has 0 aromatic rings. The van der Waals surface area contributed by atoms with E-state index < -0.39 is 29.2 Å². The predicted octanol–water partition coefficient (Wildman–Crippen LogP) is 4.93. The molecule has 0 spiro atoms. The van der Waals surface area contributed by atoms with Crippen molar-refractivity contribution in [2.75, 3.05) is 13.7 Å². The van der Waals surface area contributed by atoms with Crippen molar-refractivity contribution in [3.8, 4) is 0 Å². The van der Waals surface area contributed by atoms with Crippen molar-refractivity contribution >= 4 is 18.0 Å². The summed E-state index contributed by atoms with van der Waals surface area (Å²) in [6.07, 6.45) is 1.85. The van der Waals surface area contributed by atoms with Crippen LogP contribution in [0, 0.1) is 23.2 Å². The zero-order valence-electron chi connectivity index (χ0n) is 14.9. The van der Waals surface area contributed by atoms with E-state index in [9.17, 15) is 18.0 Å². The summed E-state index contributed by atoms with van der Waals surface area (Å²) in [6, 6.07) is 0. The number of hydrogen-bond donors (Lipinski definition) is 0. The van der Waals surface area contributed by atoms with E-state index in [0.29, 0.717) is 17.8 Å². The molecule has 2 rings (SSSR count). The Morgan fingerprint density at radius 3 is 2.44 bits per heavy atom. The first kappa shape index (κ1) is 20.8. The highest BCUT2D eigenvalue weighted by Gasteiger charge is 2.47. The molecule has 0 N–H and O–H groups in total. The van der Waals surface area contributed by atoms with E-state index in [1.54, 1.807) is 0 Å². The van der Waals surface area contributed by atoms with Crippen molar-refractivity contribution in [3.05, 3.63) is 0 Å². The third-order valence-electron chi connectivity index (χ3n) is 5.29. The lowest BCUT2D eigenvalue weighted by Crippen LogP contribution is -2.42. The van der Waals surface area contributed by atoms with Crippen LogP contribution in [0.3, 0.4) is 0 Å². The Morgan fingerprint density at radius 2 is 1.88 bits per heavy atom. The minimum Gasteiger partial charge on any atom is -0.465 e. The van der Waals surface area contributed by atoms with Gasteiger partial charge in [0, 0.05) is 6.42 Å². The first-order valence-electron chi connectivity index (χ1n) is 8.74. The number of halogens is 3. The second-order valence-electron chi connectivity index (χ2n) is 7.79. The highest BCUT2D eigenvalue weighted by molar-refractivity contribution is 7.95. The van der Waals surface area contributed by atoms with E-state index in [1.807, 2.05) is 6.92 Å². The normalized spacial score (nSPS) is 33.8. The van der Waals surface area contributed by atoms with Gasteiger partial charge in [-0.3, -0.25) is 4.79 Å². The summed E-state index contributed by atoms with van der Waals surface area (Å²) in [5.74, 6) is 1.32. The molecule has 146 valence electrons. The lowest BCUT2D eigenvalue weighted by atomic mass is 9.59. The highest BCUT2D eigenvalue weighted by Crippen LogP contribution is 2.50. The van der Waals surface area contributed by atoms with Crippen molar-refractivity contribution in [1.29, 1.82) is 0 Å². The summed E-state index contributed by atoms with van der Waals surface area (Å²) < 4.78 is 49.6. The molecule has 0 saturated heterocycles. The molecule has 8 heteroatoms. The second-order valence-corrected chi connectivity index (χ2v) is 8.63. The number of rotatable bonds is 8. The van der Waals surface area contributed by atoms with Gasteiger partial charge >= 0.3 is 11.2 Å². The van der Waals surface area contributed by atoms with E-state index in [1.165, 1.54) is 0 Å². The van der Waals surface area contributed by atoms with Crippen LogP contribution < -0.4 is 0 Å². The average Bonchev–Trinajstić information content (AvgIpc) is 2.51. The molecule has 4 nitrogen and oxygen atoms in total. The molecule has 2 bridgehead atoms. The number of carbonyl (C=O) groups is 1. The minimum atomic E-state index is -3.76. The van der Waals surface area contributed by atoms with E-state index in [4.69, 9.17) is 4.74 Å². The predicted molar refractivity (Wildman–Crippen MR) is 88.4 cm³/mol. The first-order chi connectivity index (χ1) is 11.7. The number of ether oxygens (including phenoxy) is 1. The third kappa shape index (κ3) is 5.50. The molecule has 25 heavy (non-hydrogen) atoms. The van der Waals surface area contributed by atoms with Crippen molar-refractivity contribution in [1.82, 2.24) is 0 Å². The van der Waals surface area contributed by atoms with E-state index >= 15 is 0 Å². The molecule has 0 amide bonds. The summed E-state index contributed by atoms with van der Waals surface area (Å²) >= 11 is -0.387. The van der Waals surface area contributed by atoms with Gasteiger partial charge in [0.1, 0.15) is 12.0 Å². The molecule has 3 atom stereocenters. The van der Waals surface area contributed by atoms with Gasteiger partial charge in [0.15, 0.2) is 6.17 Å². The van der Waals surface area contributed by atoms with Crippen molar-refractivity contribution in [2.45, 2.75) is 63.8 Å². The van der Waals surface area contributed by atoms with Crippen LogP contribution in [0.2, 0.25) is 0 Å². The lowest BCUT2D eigenvalue weighted by molar-refractivity contribution is -0.169. The molecule has 0 radical (unpaired) electrons. The van der Waals surface area contributed by atoms with Gasteiger partial charge in [-0.05, 0) is 56.8 Å². The summed E-state index contributed by atoms with van der Waals surface area (Å²) in [5.41, 5.74) is -0.587. The van der Waals surface area contributed by atoms with Crippen molar-refractivity contribution in [3.63, 3.8) is 0 Å². The largest absolute Gasteiger partial charge is 0.465 e. The Bertz CT molecular complexity index is 445. The average molecular weight is 384 g/mol. The fourth-order valence-corrected chi connectivity index (χ4v) is 4.87. The van der Waals surface area contributed by atoms with Crippen LogP contribution in [0.4, 0.5) is 13.2 Å². The SMILES string of the molecule is COOSC(F)(F)C(F)CCOC(=O)C1(C)CC2CC(C)CC(C2)C1. The molecule has 0 heterocycles. The summed E-state index contributed by atoms with van der Waals surface area (Å²) in [5, 5.41) is -3.76. The molecule has 2 aliphatic rings. The van der Waals surface area contributed by atoms with Crippen LogP contribution in [-0.4, -0.2) is 31.1 Å². The van der Waals surface area contributed by atoms with Gasteiger partial charge in [-0.15, -0.1) is 0 Å². The Morgan fingerprint density at radius 1 is 1.28 bits per heavy atom. The van der Waals surface area contributed by atoms with Gasteiger partial charge in [-0.2, -0.15) is 13.1 Å². The van der Waals surface area contributed by atoms with Crippen LogP contribution in [0.5, 0.6) is 0 Å². The number of carbonyl (C=O) groups excluding carboxylic acids is 1. The fourth-order valence-electron chi connectivity index (χ4n) is 4.48. The second kappa shape index (κ2) is 8.48. The molecule has 2 saturated carbocycles. The maximum atomic E-state index is 13.6. The summed E-state index contributed by atoms with van der Waals surface area (Å²) in [6.45, 7) is 3.76. The Hall–Kier alpha value is -0.470. The molecular formula is C17H27F3O4S. The zero-order chi connectivity index (χ0) is 18.7. The van der Waals surface area contributed by atoms with Crippen LogP contribution in [0.25, 0.3) is 0 Å². The van der Waals surface area contributed by atoms with E-state index in [-0.39, 0.29) is 18.6 Å². The quantitative estimate of drug-likeness (QED) is 0.257. The molecule has 0 aromatic heterocycles. The topological polar surface area (TPSA) is 44.8 Å². The van der Waals surface area contributed by atoms with Crippen molar-refractivity contribution in [2.24, 2.45) is 23.2 Å². The number of fused-ring (bicyclic) bond motifs is 2. The molecule has 2 fully saturated rings. The smallest absolute Gasteiger partial charge is 0.351 e. The summed E-state index contributed by atoms with van der Waals surface area (Å²) in [4.78, 5) is 16.5. The summed E-state index contributed by atoms with van der Waals surface area (Å²) in [7, 11) is 1.05. The lowest BCUT2D eigenvalue weighted by Gasteiger charge is -2.45. The minimum absolute atomic E-state index is 0.371. The van der Waals surface area contributed by atoms with Gasteiger partial charge in [-0.25, -0.2) is 9.28 Å².